The lowest BCUT2D eigenvalue weighted by molar-refractivity contribution is 0.140. The first-order valence-electron chi connectivity index (χ1n) is 6.85. The van der Waals surface area contributed by atoms with Crippen molar-refractivity contribution >= 4 is 12.2 Å². The summed E-state index contributed by atoms with van der Waals surface area (Å²) in [6.07, 6.45) is 6.12. The Bertz CT molecular complexity index is 591. The molecule has 0 atom stereocenters. The summed E-state index contributed by atoms with van der Waals surface area (Å²) in [4.78, 5) is 11.5. The van der Waals surface area contributed by atoms with Crippen LogP contribution in [-0.2, 0) is 18.4 Å². The van der Waals surface area contributed by atoms with Gasteiger partial charge in [-0.1, -0.05) is 36.4 Å². The molecule has 0 spiro atoms. The van der Waals surface area contributed by atoms with Crippen molar-refractivity contribution in [3.8, 4) is 0 Å². The predicted octanol–water partition coefficient (Wildman–Crippen LogP) is 2.75. The second kappa shape index (κ2) is 7.89. The third-order valence-corrected chi connectivity index (χ3v) is 2.82. The molecule has 0 aliphatic heterocycles. The van der Waals surface area contributed by atoms with Gasteiger partial charge in [-0.15, -0.1) is 0 Å². The Hall–Kier alpha value is -2.56. The number of hydrogen-bond donors (Lipinski definition) is 1. The second-order valence-electron chi connectivity index (χ2n) is 4.59. The molecule has 2 rings (SSSR count). The smallest absolute Gasteiger partial charge is 0.407 e. The number of hydrogen-bond acceptors (Lipinski definition) is 3. The van der Waals surface area contributed by atoms with Crippen LogP contribution in [-0.4, -0.2) is 22.4 Å². The van der Waals surface area contributed by atoms with Crippen molar-refractivity contribution in [3.63, 3.8) is 0 Å². The number of ether oxygens (including phenoxy) is 1. The summed E-state index contributed by atoms with van der Waals surface area (Å²) in [6, 6.07) is 11.5. The van der Waals surface area contributed by atoms with Gasteiger partial charge in [0.2, 0.25) is 0 Å². The van der Waals surface area contributed by atoms with Gasteiger partial charge in [-0.2, -0.15) is 5.10 Å². The average molecular weight is 285 g/mol. The van der Waals surface area contributed by atoms with Crippen molar-refractivity contribution in [1.29, 1.82) is 0 Å². The van der Waals surface area contributed by atoms with Crippen molar-refractivity contribution in [3.05, 3.63) is 59.9 Å². The molecule has 0 aliphatic rings. The number of rotatable bonds is 6. The fraction of sp³-hybridized carbons (Fsp3) is 0.250. The van der Waals surface area contributed by atoms with Crippen molar-refractivity contribution in [2.24, 2.45) is 7.05 Å². The summed E-state index contributed by atoms with van der Waals surface area (Å²) in [7, 11) is 1.88. The van der Waals surface area contributed by atoms with E-state index in [1.165, 1.54) is 0 Å². The first kappa shape index (κ1) is 14.8. The molecule has 0 saturated heterocycles. The molecule has 1 heterocycles. The van der Waals surface area contributed by atoms with Gasteiger partial charge in [0.15, 0.2) is 0 Å². The van der Waals surface area contributed by atoms with Gasteiger partial charge in [0, 0.05) is 19.8 Å². The highest BCUT2D eigenvalue weighted by molar-refractivity contribution is 5.67. The fourth-order valence-electron chi connectivity index (χ4n) is 1.76. The zero-order chi connectivity index (χ0) is 14.9. The molecule has 2 aromatic rings. The molecule has 1 aromatic heterocycles. The van der Waals surface area contributed by atoms with Crippen LogP contribution in [0.1, 0.15) is 17.7 Å². The molecular weight excluding hydrogens is 266 g/mol. The van der Waals surface area contributed by atoms with Gasteiger partial charge in [-0.3, -0.25) is 4.68 Å². The minimum Gasteiger partial charge on any atom is -0.445 e. The van der Waals surface area contributed by atoms with Crippen molar-refractivity contribution in [1.82, 2.24) is 15.1 Å². The van der Waals surface area contributed by atoms with E-state index in [0.717, 1.165) is 17.7 Å². The molecule has 0 bridgehead atoms. The van der Waals surface area contributed by atoms with E-state index < -0.39 is 6.09 Å². The van der Waals surface area contributed by atoms with Crippen molar-refractivity contribution < 1.29 is 9.53 Å². The SMILES string of the molecule is Cn1ccc(C=CCCNC(=O)OCc2ccccc2)n1. The number of nitrogens with zero attached hydrogens (tertiary/aromatic N) is 2. The highest BCUT2D eigenvalue weighted by Crippen LogP contribution is 2.01. The molecule has 0 aliphatic carbocycles. The molecule has 5 heteroatoms. The van der Waals surface area contributed by atoms with Gasteiger partial charge in [0.25, 0.3) is 0 Å². The average Bonchev–Trinajstić information content (AvgIpc) is 2.91. The van der Waals surface area contributed by atoms with Crippen molar-refractivity contribution in [2.45, 2.75) is 13.0 Å². The van der Waals surface area contributed by atoms with E-state index in [1.807, 2.05) is 61.8 Å². The summed E-state index contributed by atoms with van der Waals surface area (Å²) >= 11 is 0. The summed E-state index contributed by atoms with van der Waals surface area (Å²) in [5.74, 6) is 0. The number of alkyl carbamates (subject to hydrolysis) is 1. The molecule has 21 heavy (non-hydrogen) atoms. The van der Waals surface area contributed by atoms with Gasteiger partial charge in [-0.25, -0.2) is 4.79 Å². The third kappa shape index (κ3) is 5.52. The van der Waals surface area contributed by atoms with Gasteiger partial charge >= 0.3 is 6.09 Å². The highest BCUT2D eigenvalue weighted by atomic mass is 16.5. The largest absolute Gasteiger partial charge is 0.445 e. The number of nitrogens with one attached hydrogen (secondary N) is 1. The lowest BCUT2D eigenvalue weighted by atomic mass is 10.2. The van der Waals surface area contributed by atoms with Crippen LogP contribution in [0.5, 0.6) is 0 Å². The maximum absolute atomic E-state index is 11.5. The number of carbonyl (C=O) groups is 1. The number of amides is 1. The van der Waals surface area contributed by atoms with E-state index in [9.17, 15) is 4.79 Å². The number of benzene rings is 1. The van der Waals surface area contributed by atoms with E-state index in [0.29, 0.717) is 6.54 Å². The number of carbonyl (C=O) groups excluding carboxylic acids is 1. The zero-order valence-electron chi connectivity index (χ0n) is 12.0. The Morgan fingerprint density at radius 2 is 2.14 bits per heavy atom. The van der Waals surface area contributed by atoms with Crippen LogP contribution in [0, 0.1) is 0 Å². The molecule has 1 aromatic carbocycles. The summed E-state index contributed by atoms with van der Waals surface area (Å²) in [6.45, 7) is 0.827. The molecule has 0 saturated carbocycles. The van der Waals surface area contributed by atoms with Crippen LogP contribution in [0.15, 0.2) is 48.7 Å². The molecule has 0 radical (unpaired) electrons. The Labute approximate surface area is 124 Å². The quantitative estimate of drug-likeness (QED) is 0.830. The first-order chi connectivity index (χ1) is 10.2. The third-order valence-electron chi connectivity index (χ3n) is 2.82. The van der Waals surface area contributed by atoms with Crippen LogP contribution in [0.2, 0.25) is 0 Å². The number of aryl methyl sites for hydroxylation is 1. The minimum atomic E-state index is -0.398. The van der Waals surface area contributed by atoms with Gasteiger partial charge < -0.3 is 10.1 Å². The molecule has 110 valence electrons. The molecular formula is C16H19N3O2. The van der Waals surface area contributed by atoms with Gasteiger partial charge in [-0.05, 0) is 24.1 Å². The highest BCUT2D eigenvalue weighted by Gasteiger charge is 2.00. The molecule has 1 N–H and O–H groups in total. The Balaban J connectivity index is 1.60. The van der Waals surface area contributed by atoms with Gasteiger partial charge in [0.1, 0.15) is 6.61 Å². The van der Waals surface area contributed by atoms with Crippen molar-refractivity contribution in [2.75, 3.05) is 6.54 Å². The maximum Gasteiger partial charge on any atom is 0.407 e. The van der Waals surface area contributed by atoms with E-state index in [4.69, 9.17) is 4.74 Å². The molecule has 0 fully saturated rings. The standard InChI is InChI=1S/C16H19N3O2/c1-19-12-10-15(18-19)9-5-6-11-17-16(20)21-13-14-7-3-2-4-8-14/h2-5,7-10,12H,6,11,13H2,1H3,(H,17,20). The normalized spacial score (nSPS) is 10.7. The monoisotopic (exact) mass is 285 g/mol. The first-order valence-corrected chi connectivity index (χ1v) is 6.85. The van der Waals surface area contributed by atoms with Crippen LogP contribution < -0.4 is 5.32 Å². The zero-order valence-corrected chi connectivity index (χ0v) is 12.0. The summed E-state index contributed by atoms with van der Waals surface area (Å²) in [5.41, 5.74) is 1.88. The molecule has 1 amide bonds. The lowest BCUT2D eigenvalue weighted by Crippen LogP contribution is -2.24. The maximum atomic E-state index is 11.5. The van der Waals surface area contributed by atoms with E-state index in [-0.39, 0.29) is 6.61 Å². The van der Waals surface area contributed by atoms with E-state index >= 15 is 0 Å². The summed E-state index contributed by atoms with van der Waals surface area (Å²) < 4.78 is 6.86. The van der Waals surface area contributed by atoms with Crippen LogP contribution in [0.3, 0.4) is 0 Å². The summed E-state index contributed by atoms with van der Waals surface area (Å²) in [5, 5.41) is 6.93. The van der Waals surface area contributed by atoms with Gasteiger partial charge in [0.05, 0.1) is 5.69 Å². The topological polar surface area (TPSA) is 56.2 Å². The minimum absolute atomic E-state index is 0.288. The lowest BCUT2D eigenvalue weighted by Gasteiger charge is -2.05. The Morgan fingerprint density at radius 3 is 2.86 bits per heavy atom. The van der Waals surface area contributed by atoms with Crippen LogP contribution >= 0.6 is 0 Å². The fourth-order valence-corrected chi connectivity index (χ4v) is 1.76. The van der Waals surface area contributed by atoms with Crippen LogP contribution in [0.4, 0.5) is 4.79 Å². The predicted molar refractivity (Wildman–Crippen MR) is 81.5 cm³/mol. The molecule has 5 nitrogen and oxygen atoms in total. The number of aromatic nitrogens is 2. The van der Waals surface area contributed by atoms with E-state index in [2.05, 4.69) is 10.4 Å². The Morgan fingerprint density at radius 1 is 1.33 bits per heavy atom. The molecule has 0 unspecified atom stereocenters. The van der Waals surface area contributed by atoms with E-state index in [1.54, 1.807) is 4.68 Å². The Kier molecular flexibility index (Phi) is 5.58. The van der Waals surface area contributed by atoms with Crippen LogP contribution in [0.25, 0.3) is 6.08 Å². The second-order valence-corrected chi connectivity index (χ2v) is 4.59.